The number of halogens is 3. The van der Waals surface area contributed by atoms with Gasteiger partial charge in [-0.1, -0.05) is 0 Å². The van der Waals surface area contributed by atoms with Crippen molar-refractivity contribution >= 4 is 11.8 Å². The molecular formula is C13H15F3N2O2. The van der Waals surface area contributed by atoms with Crippen LogP contribution in [0.2, 0.25) is 0 Å². The molecule has 1 heterocycles. The zero-order valence-electron chi connectivity index (χ0n) is 11.0. The lowest BCUT2D eigenvalue weighted by Gasteiger charge is -2.25. The van der Waals surface area contributed by atoms with Crippen LogP contribution in [0.25, 0.3) is 0 Å². The van der Waals surface area contributed by atoms with Crippen LogP contribution in [0.1, 0.15) is 35.0 Å². The topological polar surface area (TPSA) is 53.4 Å². The number of rotatable bonds is 4. The molecule has 0 unspecified atom stereocenters. The molecule has 0 atom stereocenters. The first-order valence-corrected chi connectivity index (χ1v) is 6.39. The highest BCUT2D eigenvalue weighted by Crippen LogP contribution is 2.29. The summed E-state index contributed by atoms with van der Waals surface area (Å²) in [5.41, 5.74) is 1.39. The molecule has 0 radical (unpaired) electrons. The summed E-state index contributed by atoms with van der Waals surface area (Å²) in [5.74, 6) is -1.33. The number of carboxylic acids is 1. The third-order valence-corrected chi connectivity index (χ3v) is 3.31. The third-order valence-electron chi connectivity index (χ3n) is 3.31. The highest BCUT2D eigenvalue weighted by molar-refractivity contribution is 5.93. The molecule has 0 saturated carbocycles. The molecule has 7 heteroatoms. The number of hydrogen-bond acceptors (Lipinski definition) is 3. The molecule has 0 amide bonds. The summed E-state index contributed by atoms with van der Waals surface area (Å²) in [7, 11) is 0. The number of fused-ring (bicyclic) bond motifs is 1. The normalized spacial score (nSPS) is 14.2. The number of aromatic carboxylic acids is 1. The van der Waals surface area contributed by atoms with Crippen LogP contribution in [0.5, 0.6) is 0 Å². The summed E-state index contributed by atoms with van der Waals surface area (Å²) in [5, 5.41) is 9.19. The highest BCUT2D eigenvalue weighted by atomic mass is 19.4. The lowest BCUT2D eigenvalue weighted by atomic mass is 10.1. The second-order valence-electron chi connectivity index (χ2n) is 4.75. The van der Waals surface area contributed by atoms with Crippen LogP contribution in [0.4, 0.5) is 19.0 Å². The van der Waals surface area contributed by atoms with E-state index in [2.05, 4.69) is 4.98 Å². The van der Waals surface area contributed by atoms with Crippen molar-refractivity contribution in [1.82, 2.24) is 4.98 Å². The van der Waals surface area contributed by atoms with Gasteiger partial charge in [-0.15, -0.1) is 0 Å². The molecule has 0 bridgehead atoms. The Labute approximate surface area is 114 Å². The molecular weight excluding hydrogens is 273 g/mol. The van der Waals surface area contributed by atoms with Crippen LogP contribution < -0.4 is 4.90 Å². The van der Waals surface area contributed by atoms with E-state index in [0.29, 0.717) is 12.1 Å². The van der Waals surface area contributed by atoms with E-state index in [1.54, 1.807) is 6.92 Å². The largest absolute Gasteiger partial charge is 0.478 e. The molecule has 1 N–H and O–H groups in total. The van der Waals surface area contributed by atoms with Gasteiger partial charge in [-0.2, -0.15) is 13.2 Å². The molecule has 110 valence electrons. The van der Waals surface area contributed by atoms with Gasteiger partial charge in [0.2, 0.25) is 0 Å². The molecule has 2 rings (SSSR count). The van der Waals surface area contributed by atoms with Crippen LogP contribution in [0.3, 0.4) is 0 Å². The molecule has 1 aliphatic carbocycles. The van der Waals surface area contributed by atoms with E-state index in [9.17, 15) is 23.1 Å². The van der Waals surface area contributed by atoms with Crippen molar-refractivity contribution in [2.24, 2.45) is 0 Å². The number of hydrogen-bond donors (Lipinski definition) is 1. The van der Waals surface area contributed by atoms with Gasteiger partial charge < -0.3 is 10.0 Å². The van der Waals surface area contributed by atoms with Crippen LogP contribution in [0, 0.1) is 0 Å². The van der Waals surface area contributed by atoms with Gasteiger partial charge in [-0.3, -0.25) is 0 Å². The molecule has 1 aromatic heterocycles. The van der Waals surface area contributed by atoms with E-state index in [0.717, 1.165) is 23.3 Å². The number of nitrogens with zero attached hydrogens (tertiary/aromatic N) is 2. The smallest absolute Gasteiger partial charge is 0.405 e. The maximum absolute atomic E-state index is 12.6. The van der Waals surface area contributed by atoms with Crippen molar-refractivity contribution < 1.29 is 23.1 Å². The summed E-state index contributed by atoms with van der Waals surface area (Å²) in [6.45, 7) is 0.396. The zero-order chi connectivity index (χ0) is 14.9. The van der Waals surface area contributed by atoms with Crippen LogP contribution in [0.15, 0.2) is 6.07 Å². The monoisotopic (exact) mass is 288 g/mol. The van der Waals surface area contributed by atoms with E-state index in [-0.39, 0.29) is 17.9 Å². The molecule has 0 spiro atoms. The quantitative estimate of drug-likeness (QED) is 0.925. The SMILES string of the molecule is CCN(CC(F)(F)F)c1nc2c(cc1C(=O)O)CCC2. The molecule has 4 nitrogen and oxygen atoms in total. The van der Waals surface area contributed by atoms with E-state index in [4.69, 9.17) is 0 Å². The third kappa shape index (κ3) is 3.02. The van der Waals surface area contributed by atoms with Gasteiger partial charge in [0.25, 0.3) is 0 Å². The molecule has 0 aromatic carbocycles. The van der Waals surface area contributed by atoms with Gasteiger partial charge in [0.15, 0.2) is 0 Å². The van der Waals surface area contributed by atoms with Crippen molar-refractivity contribution in [3.8, 4) is 0 Å². The van der Waals surface area contributed by atoms with Crippen molar-refractivity contribution in [2.75, 3.05) is 18.0 Å². The number of carbonyl (C=O) groups is 1. The van der Waals surface area contributed by atoms with Gasteiger partial charge in [0, 0.05) is 12.2 Å². The zero-order valence-corrected chi connectivity index (χ0v) is 11.0. The molecule has 0 fully saturated rings. The van der Waals surface area contributed by atoms with Crippen LogP contribution >= 0.6 is 0 Å². The summed E-state index contributed by atoms with van der Waals surface area (Å²) in [6, 6.07) is 1.46. The number of pyridine rings is 1. The Morgan fingerprint density at radius 2 is 2.15 bits per heavy atom. The van der Waals surface area contributed by atoms with Crippen LogP contribution in [-0.2, 0) is 12.8 Å². The second-order valence-corrected chi connectivity index (χ2v) is 4.75. The summed E-state index contributed by atoms with van der Waals surface area (Å²) in [4.78, 5) is 16.4. The van der Waals surface area contributed by atoms with E-state index in [1.165, 1.54) is 6.07 Å². The fraction of sp³-hybridized carbons (Fsp3) is 0.538. The second kappa shape index (κ2) is 5.30. The minimum absolute atomic E-state index is 0.0472. The number of carboxylic acid groups (broad SMARTS) is 1. The van der Waals surface area contributed by atoms with Gasteiger partial charge in [-0.25, -0.2) is 9.78 Å². The minimum Gasteiger partial charge on any atom is -0.478 e. The van der Waals surface area contributed by atoms with E-state index in [1.807, 2.05) is 0 Å². The minimum atomic E-state index is -4.40. The molecule has 1 aliphatic rings. The predicted octanol–water partition coefficient (Wildman–Crippen LogP) is 2.66. The first kappa shape index (κ1) is 14.6. The Morgan fingerprint density at radius 1 is 1.45 bits per heavy atom. The fourth-order valence-electron chi connectivity index (χ4n) is 2.41. The van der Waals surface area contributed by atoms with Crippen molar-refractivity contribution in [1.29, 1.82) is 0 Å². The van der Waals surface area contributed by atoms with E-state index < -0.39 is 18.7 Å². The Hall–Kier alpha value is -1.79. The predicted molar refractivity (Wildman–Crippen MR) is 67.2 cm³/mol. The maximum Gasteiger partial charge on any atom is 0.405 e. The number of aromatic nitrogens is 1. The van der Waals surface area contributed by atoms with Crippen molar-refractivity contribution in [2.45, 2.75) is 32.4 Å². The van der Waals surface area contributed by atoms with E-state index >= 15 is 0 Å². The lowest BCUT2D eigenvalue weighted by Crippen LogP contribution is -2.36. The van der Waals surface area contributed by atoms with Crippen molar-refractivity contribution in [3.63, 3.8) is 0 Å². The molecule has 0 saturated heterocycles. The maximum atomic E-state index is 12.6. The Kier molecular flexibility index (Phi) is 3.87. The Morgan fingerprint density at radius 3 is 2.70 bits per heavy atom. The highest BCUT2D eigenvalue weighted by Gasteiger charge is 2.33. The summed E-state index contributed by atoms with van der Waals surface area (Å²) in [6.07, 6.45) is -2.12. The molecule has 1 aromatic rings. The Bertz CT molecular complexity index is 529. The van der Waals surface area contributed by atoms with Gasteiger partial charge >= 0.3 is 12.1 Å². The fourth-order valence-corrected chi connectivity index (χ4v) is 2.41. The number of anilines is 1. The van der Waals surface area contributed by atoms with Crippen LogP contribution in [-0.4, -0.2) is 35.3 Å². The summed E-state index contributed by atoms with van der Waals surface area (Å²) < 4.78 is 37.7. The molecule has 20 heavy (non-hydrogen) atoms. The number of alkyl halides is 3. The molecule has 0 aliphatic heterocycles. The van der Waals surface area contributed by atoms with Gasteiger partial charge in [0.1, 0.15) is 17.9 Å². The average Bonchev–Trinajstić information content (AvgIpc) is 2.80. The first-order chi connectivity index (χ1) is 9.31. The summed E-state index contributed by atoms with van der Waals surface area (Å²) >= 11 is 0. The lowest BCUT2D eigenvalue weighted by molar-refractivity contribution is -0.119. The van der Waals surface area contributed by atoms with Gasteiger partial charge in [-0.05, 0) is 37.8 Å². The average molecular weight is 288 g/mol. The standard InChI is InChI=1S/C13H15F3N2O2/c1-2-18(7-13(14,15)16)11-9(12(19)20)6-8-4-3-5-10(8)17-11/h6H,2-5,7H2,1H3,(H,19,20). The van der Waals surface area contributed by atoms with Crippen molar-refractivity contribution in [3.05, 3.63) is 22.9 Å². The first-order valence-electron chi connectivity index (χ1n) is 6.39. The van der Waals surface area contributed by atoms with Gasteiger partial charge in [0.05, 0.1) is 0 Å². The number of aryl methyl sites for hydroxylation is 2. The Balaban J connectivity index is 2.45.